The van der Waals surface area contributed by atoms with E-state index in [4.69, 9.17) is 23.7 Å². The van der Waals surface area contributed by atoms with Crippen LogP contribution in [0.5, 0.6) is 17.2 Å². The quantitative estimate of drug-likeness (QED) is 0.396. The SMILES string of the molecule is CCCOC(=O)C1(COc2c(C(=O)c3cccc4c3COC4=O)ccc(OC)c2OC)CC1. The Morgan fingerprint density at radius 1 is 1.03 bits per heavy atom. The molecule has 2 aromatic carbocycles. The van der Waals surface area contributed by atoms with Crippen molar-refractivity contribution in [3.8, 4) is 17.2 Å². The van der Waals surface area contributed by atoms with E-state index in [0.29, 0.717) is 41.9 Å². The Bertz CT molecular complexity index is 1100. The second kappa shape index (κ2) is 9.13. The number of carbonyl (C=O) groups excluding carboxylic acids is 3. The van der Waals surface area contributed by atoms with Crippen LogP contribution < -0.4 is 14.2 Å². The topological polar surface area (TPSA) is 97.4 Å². The standard InChI is InChI=1S/C25H26O8/c1-4-12-31-24(28)25(10-11-25)14-33-21-17(8-9-19(29-2)22(21)30-3)20(26)15-6-5-7-16-18(15)13-32-23(16)27/h5-9H,4,10-14H2,1-3H3. The largest absolute Gasteiger partial charge is 0.493 e. The minimum atomic E-state index is -0.724. The zero-order valence-electron chi connectivity index (χ0n) is 18.9. The highest BCUT2D eigenvalue weighted by Gasteiger charge is 2.52. The van der Waals surface area contributed by atoms with Crippen LogP contribution >= 0.6 is 0 Å². The number of rotatable bonds is 10. The number of benzene rings is 2. The van der Waals surface area contributed by atoms with E-state index in [2.05, 4.69) is 0 Å². The maximum absolute atomic E-state index is 13.6. The highest BCUT2D eigenvalue weighted by Crippen LogP contribution is 2.49. The van der Waals surface area contributed by atoms with Gasteiger partial charge in [-0.15, -0.1) is 0 Å². The molecule has 1 heterocycles. The second-order valence-electron chi connectivity index (χ2n) is 8.12. The maximum Gasteiger partial charge on any atom is 0.338 e. The molecule has 0 saturated heterocycles. The highest BCUT2D eigenvalue weighted by atomic mass is 16.6. The van der Waals surface area contributed by atoms with Crippen molar-refractivity contribution >= 4 is 17.7 Å². The van der Waals surface area contributed by atoms with Gasteiger partial charge in [0.25, 0.3) is 0 Å². The average molecular weight is 454 g/mol. The molecule has 4 rings (SSSR count). The molecule has 1 fully saturated rings. The van der Waals surface area contributed by atoms with E-state index >= 15 is 0 Å². The Balaban J connectivity index is 1.69. The van der Waals surface area contributed by atoms with Crippen LogP contribution in [0.15, 0.2) is 30.3 Å². The summed E-state index contributed by atoms with van der Waals surface area (Å²) in [6, 6.07) is 8.13. The number of hydrogen-bond donors (Lipinski definition) is 0. The van der Waals surface area contributed by atoms with Gasteiger partial charge in [0.05, 0.1) is 32.0 Å². The van der Waals surface area contributed by atoms with Crippen LogP contribution in [0, 0.1) is 5.41 Å². The molecule has 33 heavy (non-hydrogen) atoms. The van der Waals surface area contributed by atoms with Crippen LogP contribution in [0.3, 0.4) is 0 Å². The lowest BCUT2D eigenvalue weighted by Gasteiger charge is -2.20. The van der Waals surface area contributed by atoms with Crippen molar-refractivity contribution in [1.82, 2.24) is 0 Å². The molecule has 2 aromatic rings. The summed E-state index contributed by atoms with van der Waals surface area (Å²) in [6.07, 6.45) is 2.03. The summed E-state index contributed by atoms with van der Waals surface area (Å²) in [5.74, 6) is -0.278. The van der Waals surface area contributed by atoms with Gasteiger partial charge in [0, 0.05) is 11.1 Å². The van der Waals surface area contributed by atoms with Crippen LogP contribution in [-0.2, 0) is 20.9 Å². The Labute approximate surface area is 191 Å². The molecule has 0 N–H and O–H groups in total. The Morgan fingerprint density at radius 2 is 1.82 bits per heavy atom. The van der Waals surface area contributed by atoms with Crippen LogP contribution in [-0.4, -0.2) is 45.2 Å². The molecule has 0 bridgehead atoms. The molecule has 1 saturated carbocycles. The van der Waals surface area contributed by atoms with Gasteiger partial charge in [-0.1, -0.05) is 19.1 Å². The van der Waals surface area contributed by atoms with Crippen molar-refractivity contribution in [3.05, 3.63) is 52.6 Å². The number of cyclic esters (lactones) is 1. The number of hydrogen-bond acceptors (Lipinski definition) is 8. The Hall–Kier alpha value is -3.55. The van der Waals surface area contributed by atoms with Gasteiger partial charge in [0.2, 0.25) is 5.75 Å². The van der Waals surface area contributed by atoms with Gasteiger partial charge < -0.3 is 23.7 Å². The first-order valence-electron chi connectivity index (χ1n) is 10.8. The van der Waals surface area contributed by atoms with Gasteiger partial charge in [0.15, 0.2) is 17.3 Å². The second-order valence-corrected chi connectivity index (χ2v) is 8.12. The fourth-order valence-corrected chi connectivity index (χ4v) is 3.84. The molecule has 0 aromatic heterocycles. The molecule has 0 amide bonds. The van der Waals surface area contributed by atoms with Crippen molar-refractivity contribution in [3.63, 3.8) is 0 Å². The van der Waals surface area contributed by atoms with Gasteiger partial charge >= 0.3 is 11.9 Å². The molecule has 0 spiro atoms. The minimum absolute atomic E-state index is 0.0337. The molecule has 1 aliphatic carbocycles. The molecular weight excluding hydrogens is 428 g/mol. The van der Waals surface area contributed by atoms with Gasteiger partial charge in [0.1, 0.15) is 18.6 Å². The lowest BCUT2D eigenvalue weighted by Crippen LogP contribution is -2.26. The highest BCUT2D eigenvalue weighted by molar-refractivity contribution is 6.13. The summed E-state index contributed by atoms with van der Waals surface area (Å²) in [4.78, 5) is 38.0. The number of esters is 2. The first-order valence-corrected chi connectivity index (χ1v) is 10.8. The number of carbonyl (C=O) groups is 3. The van der Waals surface area contributed by atoms with E-state index in [9.17, 15) is 14.4 Å². The molecule has 0 atom stereocenters. The summed E-state index contributed by atoms with van der Waals surface area (Å²) in [6.45, 7) is 2.37. The van der Waals surface area contributed by atoms with Crippen molar-refractivity contribution in [1.29, 1.82) is 0 Å². The fraction of sp³-hybridized carbons (Fsp3) is 0.400. The average Bonchev–Trinajstić information content (AvgIpc) is 3.55. The molecule has 0 radical (unpaired) electrons. The van der Waals surface area contributed by atoms with Crippen molar-refractivity contribution < 1.29 is 38.1 Å². The molecule has 2 aliphatic rings. The van der Waals surface area contributed by atoms with Gasteiger partial charge in [-0.2, -0.15) is 0 Å². The smallest absolute Gasteiger partial charge is 0.338 e. The van der Waals surface area contributed by atoms with Crippen LogP contribution in [0.1, 0.15) is 58.0 Å². The van der Waals surface area contributed by atoms with Crippen LogP contribution in [0.25, 0.3) is 0 Å². The van der Waals surface area contributed by atoms with Crippen LogP contribution in [0.4, 0.5) is 0 Å². The van der Waals surface area contributed by atoms with Crippen molar-refractivity contribution in [2.75, 3.05) is 27.4 Å². The summed E-state index contributed by atoms with van der Waals surface area (Å²) < 4.78 is 27.4. The van der Waals surface area contributed by atoms with Crippen molar-refractivity contribution in [2.45, 2.75) is 32.8 Å². The first kappa shape index (κ1) is 22.6. The molecule has 1 aliphatic heterocycles. The van der Waals surface area contributed by atoms with Gasteiger partial charge in [-0.3, -0.25) is 9.59 Å². The number of fused-ring (bicyclic) bond motifs is 1. The molecule has 174 valence electrons. The summed E-state index contributed by atoms with van der Waals surface area (Å²) in [5, 5.41) is 0. The first-order chi connectivity index (χ1) is 16.0. The zero-order chi connectivity index (χ0) is 23.6. The molecular formula is C25H26O8. The van der Waals surface area contributed by atoms with Crippen molar-refractivity contribution in [2.24, 2.45) is 5.41 Å². The minimum Gasteiger partial charge on any atom is -0.493 e. The summed E-state index contributed by atoms with van der Waals surface area (Å²) in [7, 11) is 2.94. The number of ketones is 1. The third-order valence-corrected chi connectivity index (χ3v) is 5.95. The van der Waals surface area contributed by atoms with E-state index < -0.39 is 11.4 Å². The van der Waals surface area contributed by atoms with E-state index in [0.717, 1.165) is 6.42 Å². The predicted octanol–water partition coefficient (Wildman–Crippen LogP) is 3.72. The predicted molar refractivity (Wildman–Crippen MR) is 117 cm³/mol. The lowest BCUT2D eigenvalue weighted by molar-refractivity contribution is -0.151. The van der Waals surface area contributed by atoms with E-state index in [1.54, 1.807) is 30.3 Å². The monoisotopic (exact) mass is 454 g/mol. The third-order valence-electron chi connectivity index (χ3n) is 5.95. The molecule has 8 nitrogen and oxygen atoms in total. The Morgan fingerprint density at radius 3 is 2.48 bits per heavy atom. The number of ether oxygens (including phenoxy) is 5. The maximum atomic E-state index is 13.6. The zero-order valence-corrected chi connectivity index (χ0v) is 18.9. The van der Waals surface area contributed by atoms with Gasteiger partial charge in [-0.05, 0) is 37.5 Å². The summed E-state index contributed by atoms with van der Waals surface area (Å²) in [5.41, 5.74) is 0.768. The fourth-order valence-electron chi connectivity index (χ4n) is 3.84. The van der Waals surface area contributed by atoms with E-state index in [1.165, 1.54) is 14.2 Å². The lowest BCUT2D eigenvalue weighted by atomic mass is 9.95. The van der Waals surface area contributed by atoms with E-state index in [-0.39, 0.29) is 42.0 Å². The van der Waals surface area contributed by atoms with E-state index in [1.807, 2.05) is 6.92 Å². The van der Waals surface area contributed by atoms with Crippen LogP contribution in [0.2, 0.25) is 0 Å². The summed E-state index contributed by atoms with van der Waals surface area (Å²) >= 11 is 0. The Kier molecular flexibility index (Phi) is 6.26. The normalized spacial score (nSPS) is 15.3. The van der Waals surface area contributed by atoms with Gasteiger partial charge in [-0.25, -0.2) is 4.79 Å². The molecule has 0 unspecified atom stereocenters. The third kappa shape index (κ3) is 4.13. The molecule has 8 heteroatoms. The number of methoxy groups -OCH3 is 2.